The van der Waals surface area contributed by atoms with Gasteiger partial charge in [0.2, 0.25) is 0 Å². The van der Waals surface area contributed by atoms with Crippen molar-refractivity contribution in [3.05, 3.63) is 30.3 Å². The fourth-order valence-corrected chi connectivity index (χ4v) is 2.41. The van der Waals surface area contributed by atoms with Gasteiger partial charge in [0.05, 0.1) is 13.1 Å². The lowest BCUT2D eigenvalue weighted by Gasteiger charge is -2.39. The van der Waals surface area contributed by atoms with E-state index in [4.69, 9.17) is 9.84 Å². The second-order valence-corrected chi connectivity index (χ2v) is 5.56. The van der Waals surface area contributed by atoms with Crippen molar-refractivity contribution >= 4 is 12.0 Å². The van der Waals surface area contributed by atoms with Gasteiger partial charge in [-0.1, -0.05) is 18.2 Å². The quantitative estimate of drug-likeness (QED) is 0.857. The number of carboxylic acid groups (broad SMARTS) is 1. The van der Waals surface area contributed by atoms with Gasteiger partial charge in [-0.05, 0) is 30.9 Å². The predicted octanol–water partition coefficient (Wildman–Crippen LogP) is 1.32. The van der Waals surface area contributed by atoms with E-state index in [2.05, 4.69) is 5.32 Å². The highest BCUT2D eigenvalue weighted by Gasteiger charge is 2.40. The highest BCUT2D eigenvalue weighted by molar-refractivity contribution is 5.83. The number of likely N-dealkylation sites (tertiary alicyclic amines) is 1. The first-order valence-corrected chi connectivity index (χ1v) is 7.13. The van der Waals surface area contributed by atoms with E-state index < -0.39 is 12.0 Å². The van der Waals surface area contributed by atoms with Crippen LogP contribution >= 0.6 is 0 Å². The first kappa shape index (κ1) is 13.7. The first-order chi connectivity index (χ1) is 10.1. The number of rotatable bonds is 5. The largest absolute Gasteiger partial charge is 0.487 e. The summed E-state index contributed by atoms with van der Waals surface area (Å²) in [5.41, 5.74) is 0. The smallest absolute Gasteiger partial charge is 0.326 e. The minimum absolute atomic E-state index is 0.0256. The average molecular weight is 290 g/mol. The van der Waals surface area contributed by atoms with E-state index in [1.807, 2.05) is 30.3 Å². The van der Waals surface area contributed by atoms with Gasteiger partial charge in [-0.3, -0.25) is 0 Å². The molecule has 6 nitrogen and oxygen atoms in total. The van der Waals surface area contributed by atoms with Gasteiger partial charge in [0.15, 0.2) is 0 Å². The Morgan fingerprint density at radius 2 is 1.90 bits per heavy atom. The zero-order chi connectivity index (χ0) is 14.8. The molecule has 3 rings (SSSR count). The minimum Gasteiger partial charge on any atom is -0.487 e. The molecule has 2 amide bonds. The van der Waals surface area contributed by atoms with Crippen LogP contribution in [0.2, 0.25) is 0 Å². The molecule has 1 aromatic carbocycles. The van der Waals surface area contributed by atoms with Crippen molar-refractivity contribution in [2.45, 2.75) is 25.0 Å². The number of para-hydroxylation sites is 1. The third-order valence-electron chi connectivity index (χ3n) is 3.82. The van der Waals surface area contributed by atoms with E-state index in [9.17, 15) is 9.59 Å². The third-order valence-corrected chi connectivity index (χ3v) is 3.82. The van der Waals surface area contributed by atoms with Crippen LogP contribution in [-0.4, -0.2) is 47.2 Å². The number of nitrogens with zero attached hydrogens (tertiary/aromatic N) is 1. The molecule has 1 aromatic rings. The fourth-order valence-electron chi connectivity index (χ4n) is 2.41. The lowest BCUT2D eigenvalue weighted by Crippen LogP contribution is -2.61. The fraction of sp³-hybridized carbons (Fsp3) is 0.467. The van der Waals surface area contributed by atoms with Crippen LogP contribution in [0.15, 0.2) is 30.3 Å². The van der Waals surface area contributed by atoms with E-state index in [0.29, 0.717) is 13.1 Å². The van der Waals surface area contributed by atoms with Crippen molar-refractivity contribution in [1.82, 2.24) is 10.2 Å². The van der Waals surface area contributed by atoms with Gasteiger partial charge in [-0.25, -0.2) is 9.59 Å². The van der Waals surface area contributed by atoms with E-state index >= 15 is 0 Å². The number of hydrogen-bond donors (Lipinski definition) is 2. The van der Waals surface area contributed by atoms with Crippen LogP contribution in [0.1, 0.15) is 12.8 Å². The lowest BCUT2D eigenvalue weighted by molar-refractivity contribution is -0.139. The molecule has 1 saturated heterocycles. The van der Waals surface area contributed by atoms with Crippen LogP contribution in [-0.2, 0) is 4.79 Å². The van der Waals surface area contributed by atoms with E-state index in [1.54, 1.807) is 4.90 Å². The van der Waals surface area contributed by atoms with Crippen LogP contribution in [0.3, 0.4) is 0 Å². The second kappa shape index (κ2) is 5.63. The highest BCUT2D eigenvalue weighted by Crippen LogP contribution is 2.33. The van der Waals surface area contributed by atoms with E-state index in [0.717, 1.165) is 18.6 Å². The molecule has 0 bridgehead atoms. The molecule has 112 valence electrons. The number of urea groups is 1. The molecule has 6 heteroatoms. The normalized spacial score (nSPS) is 19.5. The van der Waals surface area contributed by atoms with Gasteiger partial charge in [-0.2, -0.15) is 0 Å². The van der Waals surface area contributed by atoms with Crippen LogP contribution in [0.4, 0.5) is 4.79 Å². The molecule has 1 saturated carbocycles. The summed E-state index contributed by atoms with van der Waals surface area (Å²) in [4.78, 5) is 24.6. The number of nitrogens with one attached hydrogen (secondary N) is 1. The summed E-state index contributed by atoms with van der Waals surface area (Å²) >= 11 is 0. The summed E-state index contributed by atoms with van der Waals surface area (Å²) in [5.74, 6) is -0.0866. The maximum absolute atomic E-state index is 12.0. The standard InChI is InChI=1S/C15H18N2O4/c18-14(19)13(10-6-7-10)16-15(20)17-8-12(9-17)21-11-4-2-1-3-5-11/h1-5,10,12-13H,6-9H2,(H,16,20)(H,18,19)/t13-/m0/s1. The molecule has 0 spiro atoms. The third kappa shape index (κ3) is 3.26. The van der Waals surface area contributed by atoms with E-state index in [1.165, 1.54) is 0 Å². The molecular formula is C15H18N2O4. The number of carbonyl (C=O) groups is 2. The number of ether oxygens (including phenoxy) is 1. The summed E-state index contributed by atoms with van der Waals surface area (Å²) in [6, 6.07) is 8.37. The molecule has 2 N–H and O–H groups in total. The van der Waals surface area contributed by atoms with Crippen molar-refractivity contribution in [3.8, 4) is 5.75 Å². The zero-order valence-corrected chi connectivity index (χ0v) is 11.6. The van der Waals surface area contributed by atoms with Gasteiger partial charge >= 0.3 is 12.0 Å². The van der Waals surface area contributed by atoms with Gasteiger partial charge in [0, 0.05) is 0 Å². The number of aliphatic carboxylic acids is 1. The Kier molecular flexibility index (Phi) is 3.68. The number of carboxylic acids is 1. The summed E-state index contributed by atoms with van der Waals surface area (Å²) in [6.07, 6.45) is 1.72. The van der Waals surface area contributed by atoms with Crippen LogP contribution in [0.5, 0.6) is 5.75 Å². The summed E-state index contributed by atoms with van der Waals surface area (Å²) < 4.78 is 5.70. The lowest BCUT2D eigenvalue weighted by atomic mass is 10.1. The monoisotopic (exact) mass is 290 g/mol. The summed E-state index contributed by atoms with van der Waals surface area (Å²) in [5, 5.41) is 11.7. The van der Waals surface area contributed by atoms with Crippen LogP contribution in [0, 0.1) is 5.92 Å². The Labute approximate surface area is 122 Å². The summed E-state index contributed by atoms with van der Waals surface area (Å²) in [6.45, 7) is 0.968. The molecular weight excluding hydrogens is 272 g/mol. The van der Waals surface area contributed by atoms with Crippen molar-refractivity contribution < 1.29 is 19.4 Å². The Morgan fingerprint density at radius 1 is 1.24 bits per heavy atom. The molecule has 21 heavy (non-hydrogen) atoms. The second-order valence-electron chi connectivity index (χ2n) is 5.56. The molecule has 1 atom stereocenters. The summed E-state index contributed by atoms with van der Waals surface area (Å²) in [7, 11) is 0. The van der Waals surface area contributed by atoms with Gasteiger partial charge in [0.25, 0.3) is 0 Å². The van der Waals surface area contributed by atoms with Gasteiger partial charge in [0.1, 0.15) is 17.9 Å². The molecule has 1 aliphatic heterocycles. The topological polar surface area (TPSA) is 78.9 Å². The van der Waals surface area contributed by atoms with Crippen LogP contribution in [0.25, 0.3) is 0 Å². The number of benzene rings is 1. The average Bonchev–Trinajstić information content (AvgIpc) is 3.24. The number of amides is 2. The highest BCUT2D eigenvalue weighted by atomic mass is 16.5. The Balaban J connectivity index is 1.45. The predicted molar refractivity (Wildman–Crippen MR) is 75.1 cm³/mol. The first-order valence-electron chi connectivity index (χ1n) is 7.13. The minimum atomic E-state index is -0.955. The Morgan fingerprint density at radius 3 is 2.48 bits per heavy atom. The molecule has 0 aromatic heterocycles. The number of hydrogen-bond acceptors (Lipinski definition) is 3. The molecule has 2 aliphatic rings. The van der Waals surface area contributed by atoms with Gasteiger partial charge in [-0.15, -0.1) is 0 Å². The van der Waals surface area contributed by atoms with Crippen molar-refractivity contribution in [3.63, 3.8) is 0 Å². The van der Waals surface area contributed by atoms with Crippen LogP contribution < -0.4 is 10.1 Å². The van der Waals surface area contributed by atoms with Crippen molar-refractivity contribution in [1.29, 1.82) is 0 Å². The maximum atomic E-state index is 12.0. The molecule has 0 unspecified atom stereocenters. The van der Waals surface area contributed by atoms with Crippen molar-refractivity contribution in [2.75, 3.05) is 13.1 Å². The molecule has 1 aliphatic carbocycles. The van der Waals surface area contributed by atoms with Gasteiger partial charge < -0.3 is 20.1 Å². The Bertz CT molecular complexity index is 524. The Hall–Kier alpha value is -2.24. The van der Waals surface area contributed by atoms with Crippen molar-refractivity contribution in [2.24, 2.45) is 5.92 Å². The molecule has 0 radical (unpaired) electrons. The zero-order valence-electron chi connectivity index (χ0n) is 11.6. The maximum Gasteiger partial charge on any atom is 0.326 e. The molecule has 1 heterocycles. The number of carbonyl (C=O) groups excluding carboxylic acids is 1. The van der Waals surface area contributed by atoms with E-state index in [-0.39, 0.29) is 18.1 Å². The molecule has 2 fully saturated rings. The SMILES string of the molecule is O=C(O)[C@@H](NC(=O)N1CC(Oc2ccccc2)C1)C1CC1.